The fourth-order valence-electron chi connectivity index (χ4n) is 1.96. The van der Waals surface area contributed by atoms with Gasteiger partial charge < -0.3 is 4.74 Å². The van der Waals surface area contributed by atoms with Crippen molar-refractivity contribution in [1.82, 2.24) is 0 Å². The second kappa shape index (κ2) is 5.69. The zero-order valence-corrected chi connectivity index (χ0v) is 12.3. The SMILES string of the molecule is [C-]#[N+]c1cccc(Oc2cccc(C(C)(C)C)c2)c1C#N. The standard InChI is InChI=1S/C18H16N2O/c1-18(2,3)13-7-5-8-14(11-13)21-17-10-6-9-16(20-4)15(17)12-19/h5-11H,1-3H3. The maximum atomic E-state index is 9.22. The highest BCUT2D eigenvalue weighted by Crippen LogP contribution is 2.33. The van der Waals surface area contributed by atoms with Crippen LogP contribution >= 0.6 is 0 Å². The van der Waals surface area contributed by atoms with E-state index < -0.39 is 0 Å². The lowest BCUT2D eigenvalue weighted by atomic mass is 9.87. The van der Waals surface area contributed by atoms with Crippen LogP contribution in [0.4, 0.5) is 5.69 Å². The van der Waals surface area contributed by atoms with Crippen molar-refractivity contribution >= 4 is 5.69 Å². The monoisotopic (exact) mass is 276 g/mol. The van der Waals surface area contributed by atoms with Crippen LogP contribution in [0.5, 0.6) is 11.5 Å². The summed E-state index contributed by atoms with van der Waals surface area (Å²) in [5.41, 5.74) is 1.76. The van der Waals surface area contributed by atoms with Crippen LogP contribution in [0.2, 0.25) is 0 Å². The molecule has 0 aliphatic rings. The average Bonchev–Trinajstić information content (AvgIpc) is 2.46. The molecule has 2 rings (SSSR count). The van der Waals surface area contributed by atoms with E-state index in [0.29, 0.717) is 17.2 Å². The molecule has 2 aromatic carbocycles. The summed E-state index contributed by atoms with van der Waals surface area (Å²) < 4.78 is 5.81. The Kier molecular flexibility index (Phi) is 3.96. The van der Waals surface area contributed by atoms with Crippen LogP contribution in [0.15, 0.2) is 42.5 Å². The molecule has 0 aromatic heterocycles. The second-order valence-corrected chi connectivity index (χ2v) is 5.75. The smallest absolute Gasteiger partial charge is 0.208 e. The molecule has 0 unspecified atom stereocenters. The van der Waals surface area contributed by atoms with Crippen LogP contribution in [-0.4, -0.2) is 0 Å². The molecule has 3 nitrogen and oxygen atoms in total. The van der Waals surface area contributed by atoms with Crippen molar-refractivity contribution in [2.45, 2.75) is 26.2 Å². The molecule has 0 saturated heterocycles. The minimum absolute atomic E-state index is 0.0236. The van der Waals surface area contributed by atoms with E-state index in [4.69, 9.17) is 11.3 Å². The Balaban J connectivity index is 2.41. The normalized spacial score (nSPS) is 10.5. The third-order valence-corrected chi connectivity index (χ3v) is 3.16. The highest BCUT2D eigenvalue weighted by atomic mass is 16.5. The van der Waals surface area contributed by atoms with E-state index in [1.165, 1.54) is 0 Å². The predicted molar refractivity (Wildman–Crippen MR) is 82.6 cm³/mol. The highest BCUT2D eigenvalue weighted by Gasteiger charge is 2.15. The molecule has 21 heavy (non-hydrogen) atoms. The quantitative estimate of drug-likeness (QED) is 0.707. The molecule has 0 spiro atoms. The van der Waals surface area contributed by atoms with E-state index >= 15 is 0 Å². The molecule has 0 saturated carbocycles. The van der Waals surface area contributed by atoms with Crippen LogP contribution in [0.1, 0.15) is 31.9 Å². The number of benzene rings is 2. The van der Waals surface area contributed by atoms with Gasteiger partial charge >= 0.3 is 0 Å². The Bertz CT molecular complexity index is 743. The predicted octanol–water partition coefficient (Wildman–Crippen LogP) is 5.20. The number of ether oxygens (including phenoxy) is 1. The van der Waals surface area contributed by atoms with Crippen molar-refractivity contribution in [3.63, 3.8) is 0 Å². The molecule has 3 heteroatoms. The lowest BCUT2D eigenvalue weighted by Gasteiger charge is -2.20. The van der Waals surface area contributed by atoms with Gasteiger partial charge in [0.15, 0.2) is 0 Å². The summed E-state index contributed by atoms with van der Waals surface area (Å²) in [6.07, 6.45) is 0. The van der Waals surface area contributed by atoms with Crippen molar-refractivity contribution in [3.8, 4) is 17.6 Å². The van der Waals surface area contributed by atoms with Gasteiger partial charge in [0.05, 0.1) is 12.6 Å². The average molecular weight is 276 g/mol. The van der Waals surface area contributed by atoms with Gasteiger partial charge in [-0.05, 0) is 29.2 Å². The first kappa shape index (κ1) is 14.6. The molecular weight excluding hydrogens is 260 g/mol. The van der Waals surface area contributed by atoms with Crippen LogP contribution < -0.4 is 4.74 Å². The van der Waals surface area contributed by atoms with Gasteiger partial charge in [-0.1, -0.05) is 45.0 Å². The number of rotatable bonds is 2. The van der Waals surface area contributed by atoms with Crippen molar-refractivity contribution in [2.24, 2.45) is 0 Å². The molecule has 0 aliphatic heterocycles. The van der Waals surface area contributed by atoms with Crippen molar-refractivity contribution < 1.29 is 4.74 Å². The summed E-state index contributed by atoms with van der Waals surface area (Å²) >= 11 is 0. The van der Waals surface area contributed by atoms with Gasteiger partial charge in [-0.25, -0.2) is 4.85 Å². The first-order valence-electron chi connectivity index (χ1n) is 6.64. The number of hydrogen-bond acceptors (Lipinski definition) is 2. The van der Waals surface area contributed by atoms with Crippen molar-refractivity contribution in [2.75, 3.05) is 0 Å². The molecule has 0 aliphatic carbocycles. The van der Waals surface area contributed by atoms with Crippen LogP contribution in [0.3, 0.4) is 0 Å². The fraction of sp³-hybridized carbons (Fsp3) is 0.222. The van der Waals surface area contributed by atoms with E-state index in [1.807, 2.05) is 30.3 Å². The lowest BCUT2D eigenvalue weighted by molar-refractivity contribution is 0.477. The fourth-order valence-corrected chi connectivity index (χ4v) is 1.96. The minimum Gasteiger partial charge on any atom is -0.457 e. The summed E-state index contributed by atoms with van der Waals surface area (Å²) in [6, 6.07) is 14.9. The zero-order chi connectivity index (χ0) is 15.5. The zero-order valence-electron chi connectivity index (χ0n) is 12.3. The third kappa shape index (κ3) is 3.22. The number of nitrogens with zero attached hydrogens (tertiary/aromatic N) is 2. The van der Waals surface area contributed by atoms with Gasteiger partial charge in [-0.2, -0.15) is 5.26 Å². The Morgan fingerprint density at radius 1 is 1.14 bits per heavy atom. The first-order valence-corrected chi connectivity index (χ1v) is 6.64. The molecule has 0 fully saturated rings. The third-order valence-electron chi connectivity index (χ3n) is 3.16. The highest BCUT2D eigenvalue weighted by molar-refractivity contribution is 5.64. The molecule has 0 bridgehead atoms. The van der Waals surface area contributed by atoms with E-state index in [9.17, 15) is 5.26 Å². The largest absolute Gasteiger partial charge is 0.457 e. The van der Waals surface area contributed by atoms with E-state index in [0.717, 1.165) is 5.56 Å². The first-order chi connectivity index (χ1) is 9.95. The Labute approximate surface area is 125 Å². The number of hydrogen-bond donors (Lipinski definition) is 0. The molecule has 2 aromatic rings. The summed E-state index contributed by atoms with van der Waals surface area (Å²) in [7, 11) is 0. The maximum Gasteiger partial charge on any atom is 0.208 e. The van der Waals surface area contributed by atoms with Gasteiger partial charge in [0.25, 0.3) is 0 Å². The molecule has 0 N–H and O–H groups in total. The van der Waals surface area contributed by atoms with Crippen LogP contribution in [-0.2, 0) is 5.41 Å². The summed E-state index contributed by atoms with van der Waals surface area (Å²) in [5.74, 6) is 1.08. The van der Waals surface area contributed by atoms with E-state index in [-0.39, 0.29) is 11.0 Å². The summed E-state index contributed by atoms with van der Waals surface area (Å²) in [5, 5.41) is 9.22. The van der Waals surface area contributed by atoms with Gasteiger partial charge in [-0.3, -0.25) is 0 Å². The van der Waals surface area contributed by atoms with Gasteiger partial charge in [0.2, 0.25) is 5.69 Å². The van der Waals surface area contributed by atoms with Crippen molar-refractivity contribution in [1.29, 1.82) is 5.26 Å². The van der Waals surface area contributed by atoms with Gasteiger partial charge in [0, 0.05) is 0 Å². The summed E-state index contributed by atoms with van der Waals surface area (Å²) in [6.45, 7) is 13.5. The van der Waals surface area contributed by atoms with E-state index in [2.05, 4.69) is 25.6 Å². The van der Waals surface area contributed by atoms with Gasteiger partial charge in [0.1, 0.15) is 17.1 Å². The maximum absolute atomic E-state index is 9.22. The Hall–Kier alpha value is -2.78. The summed E-state index contributed by atoms with van der Waals surface area (Å²) in [4.78, 5) is 3.35. The lowest BCUT2D eigenvalue weighted by Crippen LogP contribution is -2.10. The van der Waals surface area contributed by atoms with Crippen LogP contribution in [0.25, 0.3) is 4.85 Å². The molecule has 0 heterocycles. The molecule has 104 valence electrons. The van der Waals surface area contributed by atoms with Gasteiger partial charge in [-0.15, -0.1) is 0 Å². The molecule has 0 radical (unpaired) electrons. The molecular formula is C18H16N2O. The molecule has 0 atom stereocenters. The Morgan fingerprint density at radius 2 is 1.86 bits per heavy atom. The molecule has 0 amide bonds. The number of nitriles is 1. The second-order valence-electron chi connectivity index (χ2n) is 5.75. The minimum atomic E-state index is 0.0236. The van der Waals surface area contributed by atoms with Crippen molar-refractivity contribution in [3.05, 3.63) is 65.0 Å². The Morgan fingerprint density at radius 3 is 2.48 bits per heavy atom. The van der Waals surface area contributed by atoms with Crippen LogP contribution in [0, 0.1) is 17.9 Å². The van der Waals surface area contributed by atoms with E-state index in [1.54, 1.807) is 18.2 Å². The topological polar surface area (TPSA) is 37.4 Å².